The number of anilines is 2. The quantitative estimate of drug-likeness (QED) is 0.830. The monoisotopic (exact) mass is 358 g/mol. The van der Waals surface area contributed by atoms with Crippen LogP contribution in [0.5, 0.6) is 0 Å². The van der Waals surface area contributed by atoms with Crippen LogP contribution in [0.25, 0.3) is 0 Å². The highest BCUT2D eigenvalue weighted by atomic mass is 32.1. The molecule has 132 valence electrons. The molecule has 1 aliphatic heterocycles. The van der Waals surface area contributed by atoms with E-state index in [1.54, 1.807) is 6.20 Å². The molecule has 0 radical (unpaired) electrons. The highest BCUT2D eigenvalue weighted by Crippen LogP contribution is 2.28. The molecule has 0 aliphatic carbocycles. The summed E-state index contributed by atoms with van der Waals surface area (Å²) in [5.74, 6) is 0.212. The van der Waals surface area contributed by atoms with Crippen molar-refractivity contribution >= 4 is 34.0 Å². The molecule has 0 spiro atoms. The molecule has 0 bridgehead atoms. The molecule has 1 aliphatic rings. The predicted molar refractivity (Wildman–Crippen MR) is 99.7 cm³/mol. The number of benzene rings is 1. The summed E-state index contributed by atoms with van der Waals surface area (Å²) in [7, 11) is 0. The maximum absolute atomic E-state index is 12.8. The van der Waals surface area contributed by atoms with Gasteiger partial charge in [-0.1, -0.05) is 26.0 Å². The summed E-state index contributed by atoms with van der Waals surface area (Å²) in [6.07, 6.45) is 2.55. The number of hydrogen-bond acceptors (Lipinski definition) is 5. The first-order valence-corrected chi connectivity index (χ1v) is 9.30. The summed E-state index contributed by atoms with van der Waals surface area (Å²) in [6, 6.07) is 7.56. The van der Waals surface area contributed by atoms with E-state index >= 15 is 0 Å². The van der Waals surface area contributed by atoms with Crippen LogP contribution in [0.1, 0.15) is 37.0 Å². The third kappa shape index (κ3) is 3.99. The Hall–Kier alpha value is -2.41. The van der Waals surface area contributed by atoms with E-state index in [0.717, 1.165) is 5.69 Å². The number of amides is 2. The largest absolute Gasteiger partial charge is 0.364 e. The summed E-state index contributed by atoms with van der Waals surface area (Å²) >= 11 is 1.39. The first kappa shape index (κ1) is 17.4. The number of nitrogens with zero attached hydrogens (tertiary/aromatic N) is 2. The molecule has 2 heterocycles. The normalized spacial score (nSPS) is 16.5. The van der Waals surface area contributed by atoms with E-state index in [0.29, 0.717) is 30.1 Å². The van der Waals surface area contributed by atoms with E-state index in [9.17, 15) is 9.59 Å². The van der Waals surface area contributed by atoms with Crippen molar-refractivity contribution in [1.29, 1.82) is 0 Å². The molecule has 0 saturated heterocycles. The molecule has 7 heteroatoms. The number of aromatic nitrogens is 1. The van der Waals surface area contributed by atoms with Gasteiger partial charge in [-0.15, -0.1) is 11.3 Å². The van der Waals surface area contributed by atoms with Crippen LogP contribution < -0.4 is 10.6 Å². The number of fused-ring (bicyclic) bond motifs is 1. The number of rotatable bonds is 6. The molecule has 0 fully saturated rings. The van der Waals surface area contributed by atoms with Gasteiger partial charge in [0.1, 0.15) is 6.17 Å². The SMILES string of the molecule is CC(C)[C@H]1Nc2ccccc2C(=O)N1CCCC(=O)Nc1nccs1. The molecule has 2 aromatic rings. The van der Waals surface area contributed by atoms with Gasteiger partial charge >= 0.3 is 0 Å². The van der Waals surface area contributed by atoms with Crippen molar-refractivity contribution in [2.24, 2.45) is 5.92 Å². The Balaban J connectivity index is 1.61. The van der Waals surface area contributed by atoms with Crippen LogP contribution in [0, 0.1) is 5.92 Å². The highest BCUT2D eigenvalue weighted by Gasteiger charge is 2.33. The first-order chi connectivity index (χ1) is 12.1. The maximum Gasteiger partial charge on any atom is 0.257 e. The lowest BCUT2D eigenvalue weighted by atomic mass is 10.0. The second-order valence-electron chi connectivity index (χ2n) is 6.37. The molecule has 2 N–H and O–H groups in total. The Morgan fingerprint density at radius 2 is 2.20 bits per heavy atom. The molecule has 0 unspecified atom stereocenters. The fraction of sp³-hybridized carbons (Fsp3) is 0.389. The van der Waals surface area contributed by atoms with Gasteiger partial charge in [0.25, 0.3) is 5.91 Å². The lowest BCUT2D eigenvalue weighted by Crippen LogP contribution is -2.51. The van der Waals surface area contributed by atoms with E-state index in [-0.39, 0.29) is 23.9 Å². The second kappa shape index (κ2) is 7.65. The number of nitrogens with one attached hydrogen (secondary N) is 2. The minimum Gasteiger partial charge on any atom is -0.364 e. The lowest BCUT2D eigenvalue weighted by molar-refractivity contribution is -0.116. The van der Waals surface area contributed by atoms with Crippen molar-refractivity contribution in [2.75, 3.05) is 17.2 Å². The predicted octanol–water partition coefficient (Wildman–Crippen LogP) is 3.41. The number of carbonyl (C=O) groups is 2. The average molecular weight is 358 g/mol. The first-order valence-electron chi connectivity index (χ1n) is 8.42. The summed E-state index contributed by atoms with van der Waals surface area (Å²) in [6.45, 7) is 4.70. The number of para-hydroxylation sites is 1. The molecule has 0 saturated carbocycles. The Morgan fingerprint density at radius 3 is 2.92 bits per heavy atom. The van der Waals surface area contributed by atoms with Gasteiger partial charge in [-0.25, -0.2) is 4.98 Å². The van der Waals surface area contributed by atoms with E-state index in [1.165, 1.54) is 11.3 Å². The van der Waals surface area contributed by atoms with Crippen molar-refractivity contribution in [3.05, 3.63) is 41.4 Å². The van der Waals surface area contributed by atoms with Crippen LogP contribution in [0.15, 0.2) is 35.8 Å². The molecule has 6 nitrogen and oxygen atoms in total. The Bertz CT molecular complexity index is 745. The summed E-state index contributed by atoms with van der Waals surface area (Å²) in [5.41, 5.74) is 1.57. The van der Waals surface area contributed by atoms with Crippen molar-refractivity contribution in [1.82, 2.24) is 9.88 Å². The Labute approximate surface area is 151 Å². The van der Waals surface area contributed by atoms with Crippen molar-refractivity contribution in [2.45, 2.75) is 32.9 Å². The van der Waals surface area contributed by atoms with Crippen LogP contribution in [-0.2, 0) is 4.79 Å². The van der Waals surface area contributed by atoms with Gasteiger partial charge < -0.3 is 15.5 Å². The van der Waals surface area contributed by atoms with E-state index < -0.39 is 0 Å². The standard InChI is InChI=1S/C18H22N4O2S/c1-12(2)16-20-14-7-4-3-6-13(14)17(24)22(16)10-5-8-15(23)21-18-19-9-11-25-18/h3-4,6-7,9,11-12,16,20H,5,8,10H2,1-2H3,(H,19,21,23)/t16-/m0/s1. The summed E-state index contributed by atoms with van der Waals surface area (Å²) in [5, 5.41) is 8.64. The Kier molecular flexibility index (Phi) is 5.33. The van der Waals surface area contributed by atoms with Gasteiger partial charge in [0.2, 0.25) is 5.91 Å². The van der Waals surface area contributed by atoms with Crippen molar-refractivity contribution < 1.29 is 9.59 Å². The van der Waals surface area contributed by atoms with Crippen LogP contribution in [0.3, 0.4) is 0 Å². The number of hydrogen-bond donors (Lipinski definition) is 2. The fourth-order valence-corrected chi connectivity index (χ4v) is 3.50. The van der Waals surface area contributed by atoms with Gasteiger partial charge in [-0.2, -0.15) is 0 Å². The van der Waals surface area contributed by atoms with Crippen LogP contribution in [0.2, 0.25) is 0 Å². The molecule has 1 aromatic heterocycles. The van der Waals surface area contributed by atoms with Gasteiger partial charge in [0, 0.05) is 30.2 Å². The molecule has 3 rings (SSSR count). The zero-order valence-electron chi connectivity index (χ0n) is 14.4. The topological polar surface area (TPSA) is 74.3 Å². The maximum atomic E-state index is 12.8. The average Bonchev–Trinajstić information content (AvgIpc) is 3.09. The molecule has 1 atom stereocenters. The van der Waals surface area contributed by atoms with E-state index in [4.69, 9.17) is 0 Å². The van der Waals surface area contributed by atoms with Gasteiger partial charge in [-0.3, -0.25) is 9.59 Å². The third-order valence-corrected chi connectivity index (χ3v) is 4.86. The highest BCUT2D eigenvalue weighted by molar-refractivity contribution is 7.13. The number of thiazole rings is 1. The number of carbonyl (C=O) groups excluding carboxylic acids is 2. The molecule has 2 amide bonds. The van der Waals surface area contributed by atoms with Crippen LogP contribution in [0.4, 0.5) is 10.8 Å². The van der Waals surface area contributed by atoms with Gasteiger partial charge in [-0.05, 0) is 24.5 Å². The summed E-state index contributed by atoms with van der Waals surface area (Å²) < 4.78 is 0. The molecule has 1 aromatic carbocycles. The van der Waals surface area contributed by atoms with E-state index in [1.807, 2.05) is 34.5 Å². The third-order valence-electron chi connectivity index (χ3n) is 4.17. The zero-order valence-corrected chi connectivity index (χ0v) is 15.2. The van der Waals surface area contributed by atoms with Crippen molar-refractivity contribution in [3.8, 4) is 0 Å². The smallest absolute Gasteiger partial charge is 0.257 e. The summed E-state index contributed by atoms with van der Waals surface area (Å²) in [4.78, 5) is 30.7. The van der Waals surface area contributed by atoms with Crippen LogP contribution in [-0.4, -0.2) is 34.4 Å². The Morgan fingerprint density at radius 1 is 1.40 bits per heavy atom. The lowest BCUT2D eigenvalue weighted by Gasteiger charge is -2.40. The minimum absolute atomic E-state index is 0.0216. The zero-order chi connectivity index (χ0) is 17.8. The van der Waals surface area contributed by atoms with Gasteiger partial charge in [0.05, 0.1) is 5.56 Å². The van der Waals surface area contributed by atoms with Crippen LogP contribution >= 0.6 is 11.3 Å². The molecular formula is C18H22N4O2S. The fourth-order valence-electron chi connectivity index (χ4n) is 2.96. The van der Waals surface area contributed by atoms with E-state index in [2.05, 4.69) is 29.5 Å². The second-order valence-corrected chi connectivity index (χ2v) is 7.26. The van der Waals surface area contributed by atoms with Gasteiger partial charge in [0.15, 0.2) is 5.13 Å². The molecular weight excluding hydrogens is 336 g/mol. The minimum atomic E-state index is -0.0751. The van der Waals surface area contributed by atoms with Crippen molar-refractivity contribution in [3.63, 3.8) is 0 Å². The molecule has 25 heavy (non-hydrogen) atoms.